The quantitative estimate of drug-likeness (QED) is 0.0327. The van der Waals surface area contributed by atoms with E-state index in [4.69, 9.17) is 4.74 Å². The first kappa shape index (κ1) is 52.3. The number of carbonyl (C=O) groups excluding carboxylic acids is 2. The van der Waals surface area contributed by atoms with Gasteiger partial charge in [-0.15, -0.1) is 0 Å². The second kappa shape index (κ2) is 44.1. The van der Waals surface area contributed by atoms with Crippen LogP contribution in [0.4, 0.5) is 0 Å². The maximum atomic E-state index is 12.4. The van der Waals surface area contributed by atoms with Gasteiger partial charge in [-0.3, -0.25) is 9.59 Å². The van der Waals surface area contributed by atoms with E-state index in [1.165, 1.54) is 148 Å². The molecule has 318 valence electrons. The Morgan fingerprint density at radius 3 is 1.33 bits per heavy atom. The zero-order valence-corrected chi connectivity index (χ0v) is 36.0. The molecule has 0 fully saturated rings. The van der Waals surface area contributed by atoms with Crippen LogP contribution in [-0.2, 0) is 14.3 Å². The van der Waals surface area contributed by atoms with Crippen LogP contribution in [0.3, 0.4) is 0 Å². The van der Waals surface area contributed by atoms with Crippen LogP contribution in [0.5, 0.6) is 0 Å². The molecule has 6 nitrogen and oxygen atoms in total. The molecule has 54 heavy (non-hydrogen) atoms. The molecule has 1 amide bonds. The summed E-state index contributed by atoms with van der Waals surface area (Å²) in [5.41, 5.74) is 0. The molecule has 0 rings (SSSR count). The van der Waals surface area contributed by atoms with Crippen molar-refractivity contribution in [3.05, 3.63) is 24.3 Å². The minimum absolute atomic E-state index is 0.0151. The van der Waals surface area contributed by atoms with E-state index >= 15 is 0 Å². The predicted octanol–water partition coefficient (Wildman–Crippen LogP) is 13.6. The number of hydrogen-bond acceptors (Lipinski definition) is 5. The van der Waals surface area contributed by atoms with Crippen LogP contribution in [0.1, 0.15) is 245 Å². The number of allylic oxidation sites excluding steroid dienone is 3. The van der Waals surface area contributed by atoms with Crippen molar-refractivity contribution >= 4 is 11.9 Å². The third-order valence-electron chi connectivity index (χ3n) is 10.7. The lowest BCUT2D eigenvalue weighted by molar-refractivity contribution is -0.143. The number of rotatable bonds is 43. The number of amides is 1. The van der Waals surface area contributed by atoms with Gasteiger partial charge < -0.3 is 20.3 Å². The first-order valence-corrected chi connectivity index (χ1v) is 23.6. The Kier molecular flexibility index (Phi) is 42.7. The topological polar surface area (TPSA) is 95.9 Å². The summed E-state index contributed by atoms with van der Waals surface area (Å²) in [6.45, 7) is 4.84. The molecule has 0 radical (unpaired) electrons. The molecular weight excluding hydrogens is 671 g/mol. The van der Waals surface area contributed by atoms with Gasteiger partial charge in [0, 0.05) is 12.8 Å². The maximum absolute atomic E-state index is 12.4. The molecule has 0 aliphatic heterocycles. The van der Waals surface area contributed by atoms with Crippen molar-refractivity contribution in [2.45, 2.75) is 257 Å². The smallest absolute Gasteiger partial charge is 0.305 e. The van der Waals surface area contributed by atoms with Gasteiger partial charge in [-0.25, -0.2) is 0 Å². The number of unbranched alkanes of at least 4 members (excludes halogenated alkanes) is 30. The molecule has 0 aromatic carbocycles. The van der Waals surface area contributed by atoms with Crippen molar-refractivity contribution in [1.29, 1.82) is 0 Å². The van der Waals surface area contributed by atoms with Crippen molar-refractivity contribution in [2.75, 3.05) is 13.2 Å². The van der Waals surface area contributed by atoms with E-state index in [0.717, 1.165) is 70.6 Å². The van der Waals surface area contributed by atoms with E-state index in [1.807, 2.05) is 6.08 Å². The van der Waals surface area contributed by atoms with Gasteiger partial charge in [0.25, 0.3) is 0 Å². The molecule has 2 unspecified atom stereocenters. The first-order chi connectivity index (χ1) is 26.5. The average Bonchev–Trinajstić information content (AvgIpc) is 3.17. The van der Waals surface area contributed by atoms with Crippen LogP contribution in [-0.4, -0.2) is 47.4 Å². The largest absolute Gasteiger partial charge is 0.466 e. The van der Waals surface area contributed by atoms with E-state index in [-0.39, 0.29) is 18.5 Å². The Labute approximate surface area is 335 Å². The summed E-state index contributed by atoms with van der Waals surface area (Å²) in [7, 11) is 0. The van der Waals surface area contributed by atoms with Crippen molar-refractivity contribution < 1.29 is 24.5 Å². The standard InChI is InChI=1S/C48H91NO5/c1-3-5-7-9-11-13-15-17-21-24-28-32-36-40-46(51)45(44-50)49-47(52)41-37-33-29-25-22-18-16-19-23-27-31-35-39-43-54-48(53)42-38-34-30-26-20-14-12-10-8-6-4-2/h18,22,36,40,45-46,50-51H,3-17,19-21,23-35,37-39,41-44H2,1-2H3,(H,49,52)/b22-18-,40-36+. The van der Waals surface area contributed by atoms with Crippen LogP contribution < -0.4 is 5.32 Å². The molecule has 0 aromatic heterocycles. The molecule has 0 aliphatic carbocycles. The highest BCUT2D eigenvalue weighted by atomic mass is 16.5. The summed E-state index contributed by atoms with van der Waals surface area (Å²) < 4.78 is 5.43. The Morgan fingerprint density at radius 2 is 0.870 bits per heavy atom. The second-order valence-corrected chi connectivity index (χ2v) is 16.1. The summed E-state index contributed by atoms with van der Waals surface area (Å²) >= 11 is 0. The average molecular weight is 762 g/mol. The van der Waals surface area contributed by atoms with Crippen molar-refractivity contribution in [3.8, 4) is 0 Å². The minimum atomic E-state index is -0.859. The Morgan fingerprint density at radius 1 is 0.500 bits per heavy atom. The third-order valence-corrected chi connectivity index (χ3v) is 10.7. The summed E-state index contributed by atoms with van der Waals surface area (Å²) in [4.78, 5) is 24.3. The highest BCUT2D eigenvalue weighted by molar-refractivity contribution is 5.76. The van der Waals surface area contributed by atoms with Gasteiger partial charge in [0.15, 0.2) is 0 Å². The highest BCUT2D eigenvalue weighted by Crippen LogP contribution is 2.14. The number of aliphatic hydroxyl groups excluding tert-OH is 2. The van der Waals surface area contributed by atoms with Gasteiger partial charge in [0.1, 0.15) is 0 Å². The molecule has 0 saturated carbocycles. The van der Waals surface area contributed by atoms with Crippen LogP contribution in [0.15, 0.2) is 24.3 Å². The van der Waals surface area contributed by atoms with Gasteiger partial charge in [0.05, 0.1) is 25.4 Å². The molecular formula is C48H91NO5. The number of carbonyl (C=O) groups is 2. The fourth-order valence-corrected chi connectivity index (χ4v) is 7.04. The molecule has 0 aliphatic rings. The number of ether oxygens (including phenoxy) is 1. The molecule has 0 bridgehead atoms. The summed E-state index contributed by atoms with van der Waals surface area (Å²) in [6.07, 6.45) is 50.2. The van der Waals surface area contributed by atoms with Gasteiger partial charge >= 0.3 is 5.97 Å². The fourth-order valence-electron chi connectivity index (χ4n) is 7.04. The molecule has 0 aromatic rings. The number of hydrogen-bond donors (Lipinski definition) is 3. The lowest BCUT2D eigenvalue weighted by Crippen LogP contribution is -2.45. The van der Waals surface area contributed by atoms with Gasteiger partial charge in [-0.2, -0.15) is 0 Å². The molecule has 0 heterocycles. The Bertz CT molecular complexity index is 843. The number of nitrogens with one attached hydrogen (secondary N) is 1. The number of aliphatic hydroxyl groups is 2. The lowest BCUT2D eigenvalue weighted by atomic mass is 10.0. The van der Waals surface area contributed by atoms with Gasteiger partial charge in [-0.1, -0.05) is 199 Å². The monoisotopic (exact) mass is 762 g/mol. The van der Waals surface area contributed by atoms with Crippen molar-refractivity contribution in [3.63, 3.8) is 0 Å². The first-order valence-electron chi connectivity index (χ1n) is 23.6. The number of esters is 1. The highest BCUT2D eigenvalue weighted by Gasteiger charge is 2.18. The van der Waals surface area contributed by atoms with E-state index in [2.05, 4.69) is 31.3 Å². The zero-order valence-electron chi connectivity index (χ0n) is 36.0. The Hall–Kier alpha value is -1.66. The zero-order chi connectivity index (χ0) is 39.4. The predicted molar refractivity (Wildman–Crippen MR) is 232 cm³/mol. The lowest BCUT2D eigenvalue weighted by Gasteiger charge is -2.19. The van der Waals surface area contributed by atoms with Crippen LogP contribution in [0.25, 0.3) is 0 Å². The van der Waals surface area contributed by atoms with E-state index in [9.17, 15) is 19.8 Å². The summed E-state index contributed by atoms with van der Waals surface area (Å²) in [5, 5.41) is 23.0. The fraction of sp³-hybridized carbons (Fsp3) is 0.875. The third kappa shape index (κ3) is 40.0. The van der Waals surface area contributed by atoms with Crippen LogP contribution in [0.2, 0.25) is 0 Å². The van der Waals surface area contributed by atoms with Gasteiger partial charge in [0.2, 0.25) is 5.91 Å². The molecule has 2 atom stereocenters. The normalized spacial score (nSPS) is 12.9. The molecule has 6 heteroatoms. The summed E-state index contributed by atoms with van der Waals surface area (Å²) in [6, 6.07) is -0.646. The summed E-state index contributed by atoms with van der Waals surface area (Å²) in [5.74, 6) is -0.114. The van der Waals surface area contributed by atoms with Crippen molar-refractivity contribution in [2.24, 2.45) is 0 Å². The van der Waals surface area contributed by atoms with E-state index in [0.29, 0.717) is 19.4 Å². The van der Waals surface area contributed by atoms with Crippen LogP contribution in [0, 0.1) is 0 Å². The van der Waals surface area contributed by atoms with Gasteiger partial charge in [-0.05, 0) is 57.8 Å². The van der Waals surface area contributed by atoms with Crippen molar-refractivity contribution in [1.82, 2.24) is 5.32 Å². The SMILES string of the molecule is CCCCCCCCCCCCC/C=C/C(O)C(CO)NC(=O)CCCCC/C=C\CCCCCCCCOC(=O)CCCCCCCCCCCCC. The van der Waals surface area contributed by atoms with E-state index < -0.39 is 12.1 Å². The maximum Gasteiger partial charge on any atom is 0.305 e. The molecule has 3 N–H and O–H groups in total. The second-order valence-electron chi connectivity index (χ2n) is 16.1. The molecule has 0 saturated heterocycles. The van der Waals surface area contributed by atoms with E-state index in [1.54, 1.807) is 6.08 Å². The van der Waals surface area contributed by atoms with Crippen LogP contribution >= 0.6 is 0 Å². The Balaban J connectivity index is 3.55. The molecule has 0 spiro atoms. The minimum Gasteiger partial charge on any atom is -0.466 e.